The van der Waals surface area contributed by atoms with Gasteiger partial charge >= 0.3 is 29.8 Å². The highest BCUT2D eigenvalue weighted by molar-refractivity contribution is 8.77. The van der Waals surface area contributed by atoms with E-state index in [1.165, 1.54) is 124 Å². The average molecular weight is 2040 g/mol. The molecule has 46 heteroatoms. The van der Waals surface area contributed by atoms with Crippen LogP contribution in [-0.4, -0.2) is 242 Å². The van der Waals surface area contributed by atoms with Crippen molar-refractivity contribution in [2.24, 2.45) is 39.9 Å². The number of rotatable bonds is 47. The van der Waals surface area contributed by atoms with Crippen molar-refractivity contribution in [1.29, 1.82) is 21.5 Å². The molecule has 23 N–H and O–H groups in total. The topological polar surface area (TPSA) is 683 Å². The number of carbonyl (C=O) groups is 15. The molecule has 1 aliphatic heterocycles. The number of aliphatic hydroxyl groups is 2. The van der Waals surface area contributed by atoms with E-state index in [1.807, 2.05) is 26.8 Å². The zero-order chi connectivity index (χ0) is 105. The van der Waals surface area contributed by atoms with Crippen molar-refractivity contribution in [3.8, 4) is 6.07 Å². The zero-order valence-corrected chi connectivity index (χ0v) is 84.5. The number of thiazole rings is 1. The Bertz CT molecular complexity index is 5610. The highest BCUT2D eigenvalue weighted by Gasteiger charge is 2.79. The van der Waals surface area contributed by atoms with Crippen LogP contribution in [0, 0.1) is 50.2 Å². The Hall–Kier alpha value is -13.4. The zero-order valence-electron chi connectivity index (χ0n) is 82.0. The van der Waals surface area contributed by atoms with Gasteiger partial charge in [-0.1, -0.05) is 150 Å². The number of unbranched alkanes of at least 4 members (excludes halogenated alkanes) is 1. The summed E-state index contributed by atoms with van der Waals surface area (Å²) in [5, 5.41) is 92.4. The molecule has 2 saturated carbocycles. The minimum atomic E-state index is -2.69. The third-order valence-electron chi connectivity index (χ3n) is 25.3. The number of nitrogens with one attached hydrogen (secondary N) is 15. The maximum Gasteiger partial charge on any atom is 0.350 e. The number of nitriles is 1. The van der Waals surface area contributed by atoms with E-state index in [0.29, 0.717) is 10.2 Å². The molecule has 774 valence electrons. The summed E-state index contributed by atoms with van der Waals surface area (Å²) in [7, 11) is 2.39. The fraction of sp³-hybridized carbons (Fsp3) is 0.526. The highest BCUT2D eigenvalue weighted by Crippen LogP contribution is 2.65. The third kappa shape index (κ3) is 29.0. The Morgan fingerprint density at radius 3 is 1.76 bits per heavy atom. The van der Waals surface area contributed by atoms with E-state index in [2.05, 4.69) is 68.8 Å². The molecule has 0 unspecified atom stereocenters. The number of nitrogens with two attached hydrogens (primary N) is 3. The summed E-state index contributed by atoms with van der Waals surface area (Å²) in [5.41, 5.74) is 5.50. The van der Waals surface area contributed by atoms with Gasteiger partial charge in [0.25, 0.3) is 11.8 Å². The summed E-state index contributed by atoms with van der Waals surface area (Å²) < 4.78 is 37.6. The molecular formula is C97H130N20O23S3. The number of esters is 5. The van der Waals surface area contributed by atoms with Gasteiger partial charge in [0.1, 0.15) is 66.2 Å². The van der Waals surface area contributed by atoms with Gasteiger partial charge in [-0.2, -0.15) is 5.26 Å². The number of aromatic nitrogens is 1. The van der Waals surface area contributed by atoms with Crippen molar-refractivity contribution < 1.29 is 111 Å². The number of guanidine groups is 3. The Morgan fingerprint density at radius 1 is 0.678 bits per heavy atom. The Morgan fingerprint density at radius 2 is 1.23 bits per heavy atom. The van der Waals surface area contributed by atoms with Crippen molar-refractivity contribution in [3.05, 3.63) is 142 Å². The van der Waals surface area contributed by atoms with Crippen LogP contribution >= 0.6 is 32.9 Å². The van der Waals surface area contributed by atoms with Crippen molar-refractivity contribution in [2.75, 3.05) is 37.3 Å². The molecule has 9 rings (SSSR count). The number of carbonyl (C=O) groups excluding carboxylic acids is 15. The highest BCUT2D eigenvalue weighted by atomic mass is 33.1. The number of aliphatic hydroxyl groups excluding tert-OH is 1. The molecule has 143 heavy (non-hydrogen) atoms. The number of benzene rings is 4. The van der Waals surface area contributed by atoms with E-state index >= 15 is 38.4 Å². The van der Waals surface area contributed by atoms with Gasteiger partial charge in [0.05, 0.1) is 46.2 Å². The van der Waals surface area contributed by atoms with E-state index in [1.54, 1.807) is 51.1 Å². The average Bonchev–Trinajstić information content (AvgIpc) is 0.761. The summed E-state index contributed by atoms with van der Waals surface area (Å²) in [6, 6.07) is 20.0. The van der Waals surface area contributed by atoms with Crippen molar-refractivity contribution >= 4 is 156 Å². The number of fused-ring (bicyclic) bond motifs is 6. The van der Waals surface area contributed by atoms with Gasteiger partial charge in [-0.3, -0.25) is 78.6 Å². The molecule has 43 nitrogen and oxygen atoms in total. The van der Waals surface area contributed by atoms with Crippen LogP contribution in [0.5, 0.6) is 0 Å². The second-order valence-electron chi connectivity index (χ2n) is 37.7. The van der Waals surface area contributed by atoms with Crippen LogP contribution < -0.4 is 81.0 Å². The Balaban J connectivity index is 1.10. The first kappa shape index (κ1) is 113. The van der Waals surface area contributed by atoms with E-state index in [4.69, 9.17) is 61.9 Å². The molecule has 4 aromatic carbocycles. The molecule has 3 aliphatic carbocycles. The lowest BCUT2D eigenvalue weighted by Gasteiger charge is -2.67. The van der Waals surface area contributed by atoms with Crippen LogP contribution in [0.3, 0.4) is 0 Å². The number of hydrogen-bond acceptors (Lipinski definition) is 31. The number of anilines is 1. The molecule has 4 aliphatic rings. The predicted molar refractivity (Wildman–Crippen MR) is 530 cm³/mol. The van der Waals surface area contributed by atoms with Crippen LogP contribution in [0.2, 0.25) is 0 Å². The van der Waals surface area contributed by atoms with Crippen LogP contribution in [0.25, 0.3) is 10.2 Å². The number of ether oxygens (including phenoxy) is 6. The summed E-state index contributed by atoms with van der Waals surface area (Å²) >= 11 is 0.984. The predicted octanol–water partition coefficient (Wildman–Crippen LogP) is 4.38. The number of nitrogens with zero attached hydrogens (tertiary/aromatic N) is 2. The van der Waals surface area contributed by atoms with Crippen LogP contribution in [0.1, 0.15) is 211 Å². The van der Waals surface area contributed by atoms with E-state index in [0.717, 1.165) is 36.0 Å². The molecule has 0 spiro atoms. The molecule has 0 radical (unpaired) electrons. The molecule has 2 heterocycles. The normalized spacial score (nSPS) is 21.7. The fourth-order valence-electron chi connectivity index (χ4n) is 18.1. The quantitative estimate of drug-likeness (QED) is 0.00376. The van der Waals surface area contributed by atoms with Crippen LogP contribution in [-0.2, 0) is 90.8 Å². The van der Waals surface area contributed by atoms with Gasteiger partial charge in [-0.15, -0.1) is 11.3 Å². The van der Waals surface area contributed by atoms with Gasteiger partial charge in [-0.05, 0) is 130 Å². The number of ketones is 1. The SMILES string of the molecule is CCCC[C@](NC(=O)CCC(=O)O[C@@H](C(=O)O[C@H]1C[C@@]2(O)[C@@H](OC(=O)c3ccccc3)[C@@H]3[C@]4(OC(C)=O)CO[C@@H]4C[C@H](O)[C@@]3(C)C(=O)[C@H](OC(C)=O)C(=C1C)C2(C)C)[C@@H](NC(=O)c1ccccc1)c1ccccc1)(NC(=O)[C@H](CSSC(C)(C)C)NC(=O)[C@H](CCCNC(=N)N)NC(=O)[C@H](CCCNC(=N)N)NC(=O)[C@@H](NC(=O)[C@H](CCCNC(=N)N)NC(C)=O)C(C)C)C(=O)Nc1ccc2nc(C#N)sc2c1. The van der Waals surface area contributed by atoms with E-state index in [-0.39, 0.29) is 128 Å². The van der Waals surface area contributed by atoms with Crippen LogP contribution in [0.15, 0.2) is 120 Å². The first-order valence-corrected chi connectivity index (χ1v) is 50.1. The molecule has 9 amide bonds. The van der Waals surface area contributed by atoms with Crippen molar-refractivity contribution in [2.45, 2.75) is 268 Å². The minimum Gasteiger partial charge on any atom is -0.455 e. The lowest BCUT2D eigenvalue weighted by Crippen LogP contribution is -2.82. The van der Waals surface area contributed by atoms with E-state index in [9.17, 15) is 49.0 Å². The Labute approximate surface area is 839 Å². The van der Waals surface area contributed by atoms with Gasteiger partial charge in [0.15, 0.2) is 46.0 Å². The Kier molecular flexibility index (Phi) is 39.6. The smallest absolute Gasteiger partial charge is 0.350 e. The third-order valence-corrected chi connectivity index (χ3v) is 29.6. The first-order chi connectivity index (χ1) is 67.4. The summed E-state index contributed by atoms with van der Waals surface area (Å²) in [6.07, 6.45) is -14.7. The van der Waals surface area contributed by atoms with Gasteiger partial charge in [-0.25, -0.2) is 14.6 Å². The molecule has 1 aromatic heterocycles. The standard InChI is InChI=1S/C97H130N20O23S3/c1-14-15-41-97(88(133)109-59-37-38-60-66(45-59)142-70(48-98)110-60,117-84(129)64(49-141-143-92(8,9)10)113-82(127)62(35-26-43-106-90(101)102)111-81(126)63(36-27-44-107-91(103)104)112-85(130)73(51(2)3)114-83(128)61(108-53(5)118)34-25-42-105-89(99)100)116-69(122)39-40-71(123)138-76(74(56-28-19-16-20-29-56)115-80(125)57-30-21-17-22-31-57)87(132)137-65-47-96(134)79(139-86(131)58-32-23-18-24-33-58)77-94(13,67(121)46-68-95(77,50-135-68)140-55(7)120)78(124)75(136-54(6)119)72(52(65)4)93(96,11)12/h16-24,28-33,37-38,45,51,61-65,67-68,73-77,79,121,134H,14-15,25-27,34-36,39-44,46-47,49-50H2,1-13H3,(H,108,118)(H,109,133)(H,111,126)(H,112,130)(H,113,127)(H,114,128)(H,115,125)(H,116,122)(H,117,129)(H4,99,100,105)(H4,101,102,106)(H4,103,104,107)/t61-,62-,63-,64-,65-,67-,68+,73-,74-,75+,76+,77-,79-,94+,95-,96+,97-/m0/s1. The molecule has 3 fully saturated rings. The molecule has 17 atom stereocenters. The number of hydrogen-bond donors (Lipinski definition) is 20. The summed E-state index contributed by atoms with van der Waals surface area (Å²) in [5.74, 6) is -19.2. The molecular weight excluding hydrogens is 1910 g/mol. The van der Waals surface area contributed by atoms with Crippen molar-refractivity contribution in [3.63, 3.8) is 0 Å². The minimum absolute atomic E-state index is 0.00177. The lowest BCUT2D eigenvalue weighted by molar-refractivity contribution is -0.346. The second-order valence-corrected chi connectivity index (χ2v) is 41.9. The molecule has 5 aromatic rings. The maximum atomic E-state index is 16.3. The molecule has 2 bridgehead atoms. The fourth-order valence-corrected chi connectivity index (χ4v) is 21.4. The van der Waals surface area contributed by atoms with Gasteiger partial charge < -0.3 is 120 Å². The number of Topliss-reactive ketones (excluding diaryl/α,β-unsaturated/α-hetero) is 1. The largest absolute Gasteiger partial charge is 0.455 e. The number of amides is 9. The van der Waals surface area contributed by atoms with Crippen molar-refractivity contribution in [1.82, 2.24) is 63.5 Å². The van der Waals surface area contributed by atoms with Gasteiger partial charge in [0.2, 0.25) is 47.5 Å². The summed E-state index contributed by atoms with van der Waals surface area (Å²) in [4.78, 5) is 228. The lowest BCUT2D eigenvalue weighted by atomic mass is 9.44. The second kappa shape index (κ2) is 50.0. The van der Waals surface area contributed by atoms with Crippen LogP contribution in [0.4, 0.5) is 5.69 Å². The molecule has 1 saturated heterocycles. The monoisotopic (exact) mass is 2040 g/mol. The summed E-state index contributed by atoms with van der Waals surface area (Å²) in [6.45, 7) is 19.2. The van der Waals surface area contributed by atoms with Gasteiger partial charge in [0, 0.05) is 86.8 Å². The maximum absolute atomic E-state index is 16.3. The first-order valence-electron chi connectivity index (χ1n) is 46.9. The van der Waals surface area contributed by atoms with E-state index < -0.39 is 250 Å².